The SMILES string of the molecule is CCCC(CCC)N1CCc2c(C(=O)N[C@@H](Cc3cc(F)cc(F)c3)[C@@H](O)CNC3(c4cccc(C(F)(F)F)c4)CC3)cc(-c3ncco3)cc2C1=O.Cl. The van der Waals surface area contributed by atoms with Crippen LogP contribution in [0, 0.1) is 11.6 Å². The zero-order valence-corrected chi connectivity index (χ0v) is 30.8. The second-order valence-corrected chi connectivity index (χ2v) is 14.0. The van der Waals surface area contributed by atoms with Gasteiger partial charge < -0.3 is 25.1 Å². The summed E-state index contributed by atoms with van der Waals surface area (Å²) in [7, 11) is 0. The number of nitrogens with zero attached hydrogens (tertiary/aromatic N) is 2. The van der Waals surface area contributed by atoms with E-state index in [1.165, 1.54) is 18.5 Å². The van der Waals surface area contributed by atoms with Gasteiger partial charge in [0.25, 0.3) is 11.8 Å². The van der Waals surface area contributed by atoms with Crippen molar-refractivity contribution < 1.29 is 41.1 Å². The first-order valence-electron chi connectivity index (χ1n) is 18.1. The Morgan fingerprint density at radius 1 is 1.04 bits per heavy atom. The van der Waals surface area contributed by atoms with Crippen LogP contribution in [-0.4, -0.2) is 58.1 Å². The number of carbonyl (C=O) groups is 2. The molecule has 8 nitrogen and oxygen atoms in total. The molecule has 0 saturated heterocycles. The summed E-state index contributed by atoms with van der Waals surface area (Å²) < 4.78 is 74.6. The normalized spacial score (nSPS) is 16.1. The minimum absolute atomic E-state index is 0. The highest BCUT2D eigenvalue weighted by Gasteiger charge is 2.45. The molecule has 0 radical (unpaired) electrons. The van der Waals surface area contributed by atoms with E-state index in [0.717, 1.165) is 49.9 Å². The Morgan fingerprint density at radius 3 is 2.35 bits per heavy atom. The van der Waals surface area contributed by atoms with Gasteiger partial charge in [0.2, 0.25) is 5.89 Å². The maximum Gasteiger partial charge on any atom is 0.416 e. The second kappa shape index (κ2) is 17.0. The van der Waals surface area contributed by atoms with Gasteiger partial charge in [0.05, 0.1) is 23.9 Å². The first kappa shape index (κ1) is 40.8. The van der Waals surface area contributed by atoms with Gasteiger partial charge in [0, 0.05) is 47.4 Å². The zero-order chi connectivity index (χ0) is 37.9. The topological polar surface area (TPSA) is 108 Å². The molecule has 1 aliphatic heterocycles. The quantitative estimate of drug-likeness (QED) is 0.106. The van der Waals surface area contributed by atoms with Crippen LogP contribution in [0.3, 0.4) is 0 Å². The summed E-state index contributed by atoms with van der Waals surface area (Å²) in [5, 5.41) is 17.6. The minimum Gasteiger partial charge on any atom is -0.445 e. The van der Waals surface area contributed by atoms with Crippen LogP contribution in [0.4, 0.5) is 22.0 Å². The van der Waals surface area contributed by atoms with Gasteiger partial charge in [0.15, 0.2) is 0 Å². The lowest BCUT2D eigenvalue weighted by atomic mass is 9.89. The lowest BCUT2D eigenvalue weighted by Gasteiger charge is -2.36. The van der Waals surface area contributed by atoms with Crippen molar-refractivity contribution in [1.29, 1.82) is 0 Å². The first-order valence-corrected chi connectivity index (χ1v) is 18.1. The molecule has 14 heteroatoms. The van der Waals surface area contributed by atoms with Gasteiger partial charge in [-0.15, -0.1) is 12.4 Å². The summed E-state index contributed by atoms with van der Waals surface area (Å²) >= 11 is 0. The third kappa shape index (κ3) is 9.13. The molecule has 2 heterocycles. The van der Waals surface area contributed by atoms with Crippen molar-refractivity contribution >= 4 is 24.2 Å². The van der Waals surface area contributed by atoms with Crippen molar-refractivity contribution in [1.82, 2.24) is 20.5 Å². The molecule has 1 saturated carbocycles. The summed E-state index contributed by atoms with van der Waals surface area (Å²) in [5.74, 6) is -2.31. The Kier molecular flexibility index (Phi) is 12.9. The number of aliphatic hydroxyl groups is 1. The van der Waals surface area contributed by atoms with Crippen LogP contribution in [0.1, 0.15) is 95.3 Å². The maximum atomic E-state index is 14.3. The Morgan fingerprint density at radius 2 is 1.74 bits per heavy atom. The molecule has 290 valence electrons. The second-order valence-electron chi connectivity index (χ2n) is 14.0. The van der Waals surface area contributed by atoms with Crippen LogP contribution in [0.5, 0.6) is 0 Å². The molecular formula is C40H44ClF5N4O4. The predicted octanol–water partition coefficient (Wildman–Crippen LogP) is 8.01. The lowest BCUT2D eigenvalue weighted by Crippen LogP contribution is -2.50. The van der Waals surface area contributed by atoms with Crippen molar-refractivity contribution in [3.8, 4) is 11.5 Å². The number of aliphatic hydroxyl groups excluding tert-OH is 1. The largest absolute Gasteiger partial charge is 0.445 e. The first-order chi connectivity index (χ1) is 25.3. The van der Waals surface area contributed by atoms with Crippen molar-refractivity contribution in [2.75, 3.05) is 13.1 Å². The fraction of sp³-hybridized carbons (Fsp3) is 0.425. The number of oxazole rings is 1. The van der Waals surface area contributed by atoms with Gasteiger partial charge in [-0.05, 0) is 91.6 Å². The number of benzene rings is 3. The average Bonchev–Trinajstić information content (AvgIpc) is 3.71. The van der Waals surface area contributed by atoms with Gasteiger partial charge in [-0.2, -0.15) is 13.2 Å². The van der Waals surface area contributed by atoms with Crippen LogP contribution in [0.15, 0.2) is 71.5 Å². The molecule has 0 bridgehead atoms. The van der Waals surface area contributed by atoms with E-state index in [4.69, 9.17) is 4.42 Å². The highest BCUT2D eigenvalue weighted by Crippen LogP contribution is 2.46. The van der Waals surface area contributed by atoms with Gasteiger partial charge in [-0.25, -0.2) is 13.8 Å². The summed E-state index contributed by atoms with van der Waals surface area (Å²) in [6, 6.07) is 10.1. The number of amides is 2. The number of alkyl halides is 3. The molecular weight excluding hydrogens is 731 g/mol. The molecule has 1 fully saturated rings. The summed E-state index contributed by atoms with van der Waals surface area (Å²) in [6.07, 6.45) is 1.70. The van der Waals surface area contributed by atoms with E-state index in [2.05, 4.69) is 29.5 Å². The molecule has 1 aromatic heterocycles. The fourth-order valence-electron chi connectivity index (χ4n) is 7.42. The fourth-order valence-corrected chi connectivity index (χ4v) is 7.42. The highest BCUT2D eigenvalue weighted by atomic mass is 35.5. The smallest absolute Gasteiger partial charge is 0.416 e. The molecule has 2 atom stereocenters. The minimum atomic E-state index is -4.53. The number of aromatic nitrogens is 1. The summed E-state index contributed by atoms with van der Waals surface area (Å²) in [6.45, 7) is 4.40. The van der Waals surface area contributed by atoms with Gasteiger partial charge in [-0.3, -0.25) is 9.59 Å². The van der Waals surface area contributed by atoms with Crippen LogP contribution in [0.25, 0.3) is 11.5 Å². The highest BCUT2D eigenvalue weighted by molar-refractivity contribution is 6.04. The Labute approximate surface area is 316 Å². The molecule has 2 aliphatic rings. The third-order valence-electron chi connectivity index (χ3n) is 10.3. The number of carbonyl (C=O) groups excluding carboxylic acids is 2. The van der Waals surface area contributed by atoms with E-state index in [0.29, 0.717) is 54.1 Å². The average molecular weight is 775 g/mol. The molecule has 0 spiro atoms. The van der Waals surface area contributed by atoms with Gasteiger partial charge in [0.1, 0.15) is 17.9 Å². The number of hydrogen-bond donors (Lipinski definition) is 3. The molecule has 6 rings (SSSR count). The van der Waals surface area contributed by atoms with Crippen LogP contribution < -0.4 is 10.6 Å². The third-order valence-corrected chi connectivity index (χ3v) is 10.3. The Balaban J connectivity index is 0.00000561. The standard InChI is InChI=1S/C40H43F5N4O4.ClH/c1-3-6-30(7-4-2)49-14-10-31-32(19-25(20-33(31)38(49)52)37-46-13-15-53-37)36(51)48-34(18-24-16-28(41)22-29(42)17-24)35(50)23-47-39(11-12-39)26-8-5-9-27(21-26)40(43,44)45;/h5,8-9,13,15-17,19-22,30,34-35,47,50H,3-4,6-7,10-12,14,18,23H2,1-2H3,(H,48,51);1H/t34-,35-;/m0./s1. The van der Waals surface area contributed by atoms with E-state index >= 15 is 0 Å². The van der Waals surface area contributed by atoms with E-state index in [1.54, 1.807) is 18.2 Å². The molecule has 3 N–H and O–H groups in total. The summed E-state index contributed by atoms with van der Waals surface area (Å²) in [4.78, 5) is 34.5. The molecule has 3 aromatic carbocycles. The van der Waals surface area contributed by atoms with Crippen molar-refractivity contribution in [3.63, 3.8) is 0 Å². The number of rotatable bonds is 15. The van der Waals surface area contributed by atoms with Crippen LogP contribution in [-0.2, 0) is 24.6 Å². The van der Waals surface area contributed by atoms with Crippen molar-refractivity contribution in [2.45, 2.75) is 95.1 Å². The van der Waals surface area contributed by atoms with Crippen molar-refractivity contribution in [3.05, 3.63) is 112 Å². The van der Waals surface area contributed by atoms with Gasteiger partial charge >= 0.3 is 6.18 Å². The van der Waals surface area contributed by atoms with Crippen molar-refractivity contribution in [2.24, 2.45) is 0 Å². The number of halogens is 6. The number of hydrogen-bond acceptors (Lipinski definition) is 6. The molecule has 0 unspecified atom stereocenters. The molecule has 1 aliphatic carbocycles. The number of nitrogens with one attached hydrogen (secondary N) is 2. The molecule has 4 aromatic rings. The predicted molar refractivity (Wildman–Crippen MR) is 195 cm³/mol. The van der Waals surface area contributed by atoms with E-state index < -0.39 is 47.0 Å². The summed E-state index contributed by atoms with van der Waals surface area (Å²) in [5.41, 5.74) is 0.429. The Bertz CT molecular complexity index is 1910. The van der Waals surface area contributed by atoms with Crippen LogP contribution >= 0.6 is 12.4 Å². The van der Waals surface area contributed by atoms with E-state index in [9.17, 15) is 36.6 Å². The van der Waals surface area contributed by atoms with E-state index in [1.807, 2.05) is 4.90 Å². The zero-order valence-electron chi connectivity index (χ0n) is 30.0. The molecule has 2 amide bonds. The monoisotopic (exact) mass is 774 g/mol. The van der Waals surface area contributed by atoms with E-state index in [-0.39, 0.29) is 54.3 Å². The number of fused-ring (bicyclic) bond motifs is 1. The molecule has 54 heavy (non-hydrogen) atoms. The van der Waals surface area contributed by atoms with Gasteiger partial charge in [-0.1, -0.05) is 38.8 Å². The maximum absolute atomic E-state index is 14.3. The van der Waals surface area contributed by atoms with Crippen LogP contribution in [0.2, 0.25) is 0 Å². The Hall–Kier alpha value is -4.33. The lowest BCUT2D eigenvalue weighted by molar-refractivity contribution is -0.137.